The highest BCUT2D eigenvalue weighted by Gasteiger charge is 2.34. The molecule has 12 heteroatoms. The molecule has 46 heavy (non-hydrogen) atoms. The van der Waals surface area contributed by atoms with Crippen LogP contribution in [0.15, 0.2) is 60.7 Å². The Labute approximate surface area is 263 Å². The van der Waals surface area contributed by atoms with E-state index in [9.17, 15) is 30.0 Å². The number of hydrogen-bond acceptors (Lipinski definition) is 12. The molecule has 0 aliphatic carbocycles. The fourth-order valence-corrected chi connectivity index (χ4v) is 5.63. The zero-order chi connectivity index (χ0) is 33.1. The lowest BCUT2D eigenvalue weighted by atomic mass is 9.85. The van der Waals surface area contributed by atoms with Gasteiger partial charge in [-0.15, -0.1) is 0 Å². The van der Waals surface area contributed by atoms with Gasteiger partial charge in [-0.05, 0) is 35.4 Å². The Kier molecular flexibility index (Phi) is 8.99. The molecule has 2 aliphatic heterocycles. The Morgan fingerprint density at radius 3 is 1.26 bits per heavy atom. The molecule has 12 nitrogen and oxygen atoms in total. The molecule has 0 spiro atoms. The van der Waals surface area contributed by atoms with Crippen molar-refractivity contribution in [1.82, 2.24) is 0 Å². The predicted molar refractivity (Wildman–Crippen MR) is 163 cm³/mol. The van der Waals surface area contributed by atoms with E-state index in [2.05, 4.69) is 0 Å². The molecule has 0 aromatic heterocycles. The highest BCUT2D eigenvalue weighted by molar-refractivity contribution is 5.80. The van der Waals surface area contributed by atoms with Crippen LogP contribution in [0.2, 0.25) is 0 Å². The fraction of sp³-hybridized carbons (Fsp3) is 0.235. The average molecular weight is 633 g/mol. The van der Waals surface area contributed by atoms with Gasteiger partial charge in [-0.1, -0.05) is 12.1 Å². The Bertz CT molecular complexity index is 1670. The van der Waals surface area contributed by atoms with Gasteiger partial charge in [0.05, 0.1) is 41.3 Å². The maximum atomic E-state index is 11.9. The van der Waals surface area contributed by atoms with Crippen LogP contribution in [0.4, 0.5) is 0 Å². The maximum Gasteiger partial charge on any atom is 0.312 e. The molecular weight excluding hydrogens is 600 g/mol. The summed E-state index contributed by atoms with van der Waals surface area (Å²) in [7, 11) is 5.89. The number of esters is 2. The second-order valence-electron chi connectivity index (χ2n) is 10.4. The first-order chi connectivity index (χ1) is 22.1. The Morgan fingerprint density at radius 2 is 0.913 bits per heavy atom. The van der Waals surface area contributed by atoms with Crippen LogP contribution < -0.4 is 28.4 Å². The van der Waals surface area contributed by atoms with Crippen LogP contribution in [0.5, 0.6) is 57.5 Å². The molecule has 4 N–H and O–H groups in total. The third-order valence-electron chi connectivity index (χ3n) is 7.72. The van der Waals surface area contributed by atoms with Crippen LogP contribution in [0.3, 0.4) is 0 Å². The average Bonchev–Trinajstić information content (AvgIpc) is 3.03. The Hall–Kier alpha value is -5.78. The molecule has 2 aliphatic rings. The third-order valence-corrected chi connectivity index (χ3v) is 7.72. The number of carbonyl (C=O) groups is 2. The first-order valence-electron chi connectivity index (χ1n) is 14.0. The van der Waals surface area contributed by atoms with Crippen molar-refractivity contribution in [3.63, 3.8) is 0 Å². The lowest BCUT2D eigenvalue weighted by molar-refractivity contribution is -0.136. The van der Waals surface area contributed by atoms with Crippen LogP contribution in [-0.4, -0.2) is 60.8 Å². The van der Waals surface area contributed by atoms with Crippen molar-refractivity contribution in [3.05, 3.63) is 82.9 Å². The van der Waals surface area contributed by atoms with E-state index >= 15 is 0 Å². The molecule has 0 bridgehead atoms. The summed E-state index contributed by atoms with van der Waals surface area (Å²) in [6.45, 7) is 0. The van der Waals surface area contributed by atoms with E-state index in [0.29, 0.717) is 34.1 Å². The lowest BCUT2D eigenvalue weighted by Gasteiger charge is -2.27. The molecule has 4 aromatic rings. The van der Waals surface area contributed by atoms with Gasteiger partial charge in [0, 0.05) is 47.2 Å². The van der Waals surface area contributed by atoms with E-state index in [0.717, 1.165) is 11.1 Å². The van der Waals surface area contributed by atoms with E-state index in [-0.39, 0.29) is 59.2 Å². The van der Waals surface area contributed by atoms with Crippen molar-refractivity contribution >= 4 is 11.9 Å². The highest BCUT2D eigenvalue weighted by Crippen LogP contribution is 2.48. The summed E-state index contributed by atoms with van der Waals surface area (Å²) >= 11 is 0. The molecule has 0 fully saturated rings. The molecular formula is C34H32O12. The first-order valence-corrected chi connectivity index (χ1v) is 14.0. The second kappa shape index (κ2) is 13.1. The monoisotopic (exact) mass is 632 g/mol. The van der Waals surface area contributed by atoms with Gasteiger partial charge in [-0.2, -0.15) is 0 Å². The SMILES string of the molecule is COc1cc([C@@H]2CC(=O)Oc3cc(O)cc(OC)c32)ccc1O.COc1cc([C@H]2CC(=O)Oc3cc(O)cc(OC)c32)ccc1O. The van der Waals surface area contributed by atoms with E-state index in [4.69, 9.17) is 28.4 Å². The van der Waals surface area contributed by atoms with Gasteiger partial charge in [0.2, 0.25) is 0 Å². The van der Waals surface area contributed by atoms with Crippen molar-refractivity contribution in [3.8, 4) is 57.5 Å². The number of ether oxygens (including phenoxy) is 6. The van der Waals surface area contributed by atoms with Crippen LogP contribution in [-0.2, 0) is 9.59 Å². The molecule has 240 valence electrons. The summed E-state index contributed by atoms with van der Waals surface area (Å²) in [5.74, 6) is 0.563. The molecule has 2 atom stereocenters. The minimum atomic E-state index is -0.401. The number of carbonyl (C=O) groups excluding carboxylic acids is 2. The van der Waals surface area contributed by atoms with E-state index < -0.39 is 11.9 Å². The summed E-state index contributed by atoms with van der Waals surface area (Å²) in [5.41, 5.74) is 2.92. The number of phenols is 4. The van der Waals surface area contributed by atoms with Crippen molar-refractivity contribution in [2.75, 3.05) is 28.4 Å². The highest BCUT2D eigenvalue weighted by atomic mass is 16.5. The van der Waals surface area contributed by atoms with Crippen LogP contribution in [0, 0.1) is 0 Å². The summed E-state index contributed by atoms with van der Waals surface area (Å²) in [4.78, 5) is 23.8. The normalized spacial score (nSPS) is 16.4. The van der Waals surface area contributed by atoms with Crippen LogP contribution >= 0.6 is 0 Å². The molecule has 0 unspecified atom stereocenters. The van der Waals surface area contributed by atoms with Gasteiger partial charge in [0.1, 0.15) is 34.5 Å². The Morgan fingerprint density at radius 1 is 0.543 bits per heavy atom. The number of hydrogen-bond donors (Lipinski definition) is 4. The lowest BCUT2D eigenvalue weighted by Crippen LogP contribution is -2.21. The zero-order valence-electron chi connectivity index (χ0n) is 25.4. The minimum absolute atomic E-state index is 0.0209. The third kappa shape index (κ3) is 6.23. The van der Waals surface area contributed by atoms with Gasteiger partial charge in [-0.25, -0.2) is 0 Å². The second-order valence-corrected chi connectivity index (χ2v) is 10.4. The van der Waals surface area contributed by atoms with Crippen LogP contribution in [0.25, 0.3) is 0 Å². The molecule has 0 amide bonds. The minimum Gasteiger partial charge on any atom is -0.508 e. The van der Waals surface area contributed by atoms with Gasteiger partial charge in [0.25, 0.3) is 0 Å². The van der Waals surface area contributed by atoms with Crippen molar-refractivity contribution < 1.29 is 58.4 Å². The van der Waals surface area contributed by atoms with E-state index in [1.165, 1.54) is 64.8 Å². The van der Waals surface area contributed by atoms with E-state index in [1.807, 2.05) is 0 Å². The summed E-state index contributed by atoms with van der Waals surface area (Å²) < 4.78 is 31.4. The molecule has 0 saturated heterocycles. The number of rotatable bonds is 6. The fourth-order valence-electron chi connectivity index (χ4n) is 5.63. The summed E-state index contributed by atoms with van der Waals surface area (Å²) in [6.07, 6.45) is 0.254. The van der Waals surface area contributed by atoms with Crippen molar-refractivity contribution in [2.24, 2.45) is 0 Å². The molecule has 6 rings (SSSR count). The van der Waals surface area contributed by atoms with Gasteiger partial charge in [-0.3, -0.25) is 9.59 Å². The van der Waals surface area contributed by atoms with Crippen LogP contribution in [0.1, 0.15) is 46.9 Å². The number of phenolic OH excluding ortho intramolecular Hbond substituents is 4. The van der Waals surface area contributed by atoms with Gasteiger partial charge in [0.15, 0.2) is 23.0 Å². The summed E-state index contributed by atoms with van der Waals surface area (Å²) in [5, 5.41) is 39.0. The van der Waals surface area contributed by atoms with Gasteiger partial charge < -0.3 is 48.8 Å². The number of fused-ring (bicyclic) bond motifs is 2. The van der Waals surface area contributed by atoms with Crippen molar-refractivity contribution in [1.29, 1.82) is 0 Å². The quantitative estimate of drug-likeness (QED) is 0.164. The first kappa shape index (κ1) is 31.6. The standard InChI is InChI=1S/2C17H16O6/c2*1-21-13-5-9(3-4-12(13)19)11-8-16(20)23-15-7-10(18)6-14(22-2)17(11)15/h2*3-7,11,18-19H,8H2,1-2H3/t2*11-/m10/s1. The number of methoxy groups -OCH3 is 4. The number of aromatic hydroxyl groups is 4. The van der Waals surface area contributed by atoms with Crippen molar-refractivity contribution in [2.45, 2.75) is 24.7 Å². The molecule has 2 heterocycles. The number of benzene rings is 4. The van der Waals surface area contributed by atoms with Gasteiger partial charge >= 0.3 is 11.9 Å². The molecule has 4 aromatic carbocycles. The Balaban J connectivity index is 0.000000181. The smallest absolute Gasteiger partial charge is 0.312 e. The molecule has 0 radical (unpaired) electrons. The topological polar surface area (TPSA) is 170 Å². The maximum absolute atomic E-state index is 11.9. The van der Waals surface area contributed by atoms with E-state index in [1.54, 1.807) is 24.3 Å². The summed E-state index contributed by atoms with van der Waals surface area (Å²) in [6, 6.07) is 15.5. The zero-order valence-corrected chi connectivity index (χ0v) is 25.4. The molecule has 0 saturated carbocycles. The largest absolute Gasteiger partial charge is 0.508 e. The predicted octanol–water partition coefficient (Wildman–Crippen LogP) is 5.11.